The van der Waals surface area contributed by atoms with E-state index in [1.807, 2.05) is 31.1 Å². The molecule has 0 saturated heterocycles. The molecule has 0 aliphatic rings. The lowest BCUT2D eigenvalue weighted by Gasteiger charge is -2.15. The predicted molar refractivity (Wildman–Crippen MR) is 56.2 cm³/mol. The first-order valence-electron chi connectivity index (χ1n) is 4.08. The maximum Gasteiger partial charge on any atom is 0.150 e. The third-order valence-electron chi connectivity index (χ3n) is 1.89. The maximum atomic E-state index is 10.5. The molecular weight excluding hydrogens is 162 g/mol. The number of aldehydes is 1. The van der Waals surface area contributed by atoms with E-state index in [1.165, 1.54) is 0 Å². The van der Waals surface area contributed by atoms with Crippen molar-refractivity contribution in [2.75, 3.05) is 19.0 Å². The van der Waals surface area contributed by atoms with E-state index in [4.69, 9.17) is 0 Å². The average Bonchev–Trinajstić information content (AvgIpc) is 2.16. The van der Waals surface area contributed by atoms with E-state index in [0.717, 1.165) is 17.5 Å². The quantitative estimate of drug-likeness (QED) is 0.656. The lowest BCUT2D eigenvalue weighted by atomic mass is 10.1. The van der Waals surface area contributed by atoms with Gasteiger partial charge in [-0.25, -0.2) is 0 Å². The molecule has 0 radical (unpaired) electrons. The van der Waals surface area contributed by atoms with Crippen LogP contribution in [0.1, 0.15) is 15.9 Å². The Morgan fingerprint density at radius 3 is 2.54 bits per heavy atom. The van der Waals surface area contributed by atoms with Gasteiger partial charge in [-0.2, -0.15) is 0 Å². The molecule has 0 spiro atoms. The Morgan fingerprint density at radius 1 is 1.38 bits per heavy atom. The van der Waals surface area contributed by atoms with Crippen molar-refractivity contribution in [2.24, 2.45) is 0 Å². The molecule has 0 saturated carbocycles. The largest absolute Gasteiger partial charge is 0.377 e. The van der Waals surface area contributed by atoms with Gasteiger partial charge in [0.1, 0.15) is 6.29 Å². The molecular formula is C11H13NO. The summed E-state index contributed by atoms with van der Waals surface area (Å²) in [4.78, 5) is 12.5. The van der Waals surface area contributed by atoms with Crippen molar-refractivity contribution >= 4 is 18.0 Å². The minimum Gasteiger partial charge on any atom is -0.377 e. The van der Waals surface area contributed by atoms with Gasteiger partial charge in [0, 0.05) is 25.3 Å². The van der Waals surface area contributed by atoms with Crippen molar-refractivity contribution in [1.82, 2.24) is 0 Å². The van der Waals surface area contributed by atoms with Crippen LogP contribution in [0.15, 0.2) is 24.8 Å². The lowest BCUT2D eigenvalue weighted by molar-refractivity contribution is 0.112. The topological polar surface area (TPSA) is 20.3 Å². The number of benzene rings is 1. The number of carbonyl (C=O) groups excluding carboxylic acids is 1. The van der Waals surface area contributed by atoms with Gasteiger partial charge < -0.3 is 4.90 Å². The van der Waals surface area contributed by atoms with E-state index in [2.05, 4.69) is 6.58 Å². The summed E-state index contributed by atoms with van der Waals surface area (Å²) in [6.07, 6.45) is 2.59. The second-order valence-corrected chi connectivity index (χ2v) is 3.03. The molecule has 0 amide bonds. The summed E-state index contributed by atoms with van der Waals surface area (Å²) < 4.78 is 0. The molecule has 0 N–H and O–H groups in total. The second kappa shape index (κ2) is 3.90. The number of carbonyl (C=O) groups is 1. The van der Waals surface area contributed by atoms with Crippen molar-refractivity contribution < 1.29 is 4.79 Å². The van der Waals surface area contributed by atoms with E-state index in [-0.39, 0.29) is 0 Å². The fourth-order valence-electron chi connectivity index (χ4n) is 1.22. The first-order chi connectivity index (χ1) is 6.19. The highest BCUT2D eigenvalue weighted by Crippen LogP contribution is 2.20. The predicted octanol–water partition coefficient (Wildman–Crippen LogP) is 2.21. The molecule has 0 aromatic heterocycles. The van der Waals surface area contributed by atoms with Gasteiger partial charge >= 0.3 is 0 Å². The van der Waals surface area contributed by atoms with Crippen molar-refractivity contribution in [3.05, 3.63) is 35.9 Å². The summed E-state index contributed by atoms with van der Waals surface area (Å²) in [7, 11) is 3.92. The average molecular weight is 175 g/mol. The minimum absolute atomic E-state index is 0.681. The Balaban J connectivity index is 3.23. The molecule has 1 aromatic carbocycles. The van der Waals surface area contributed by atoms with Gasteiger partial charge in [-0.15, -0.1) is 0 Å². The third kappa shape index (κ3) is 1.96. The molecule has 0 aliphatic carbocycles. The van der Waals surface area contributed by atoms with E-state index in [1.54, 1.807) is 12.1 Å². The van der Waals surface area contributed by atoms with Crippen molar-refractivity contribution in [2.45, 2.75) is 0 Å². The zero-order valence-corrected chi connectivity index (χ0v) is 7.95. The van der Waals surface area contributed by atoms with Crippen molar-refractivity contribution in [3.63, 3.8) is 0 Å². The lowest BCUT2D eigenvalue weighted by Crippen LogP contribution is -2.10. The fourth-order valence-corrected chi connectivity index (χ4v) is 1.22. The van der Waals surface area contributed by atoms with Crippen LogP contribution in [0.4, 0.5) is 5.69 Å². The highest BCUT2D eigenvalue weighted by atomic mass is 16.1. The zero-order chi connectivity index (χ0) is 9.84. The first kappa shape index (κ1) is 9.52. The highest BCUT2D eigenvalue weighted by molar-refractivity contribution is 5.79. The van der Waals surface area contributed by atoms with Gasteiger partial charge in [0.05, 0.1) is 0 Å². The van der Waals surface area contributed by atoms with Gasteiger partial charge in [0.2, 0.25) is 0 Å². The Hall–Kier alpha value is -1.57. The number of hydrogen-bond acceptors (Lipinski definition) is 2. The molecule has 0 heterocycles. The SMILES string of the molecule is C=Cc1cc(C=O)ccc1N(C)C. The molecule has 1 rings (SSSR count). The molecule has 1 aromatic rings. The second-order valence-electron chi connectivity index (χ2n) is 3.03. The summed E-state index contributed by atoms with van der Waals surface area (Å²) in [6, 6.07) is 5.55. The summed E-state index contributed by atoms with van der Waals surface area (Å²) in [5.41, 5.74) is 2.73. The Bertz CT molecular complexity index is 329. The van der Waals surface area contributed by atoms with Crippen molar-refractivity contribution in [3.8, 4) is 0 Å². The number of nitrogens with zero attached hydrogens (tertiary/aromatic N) is 1. The highest BCUT2D eigenvalue weighted by Gasteiger charge is 2.01. The molecule has 0 unspecified atom stereocenters. The smallest absolute Gasteiger partial charge is 0.150 e. The first-order valence-corrected chi connectivity index (χ1v) is 4.08. The summed E-state index contributed by atoms with van der Waals surface area (Å²) in [5.74, 6) is 0. The zero-order valence-electron chi connectivity index (χ0n) is 7.95. The Labute approximate surface area is 78.5 Å². The molecule has 0 bridgehead atoms. The Morgan fingerprint density at radius 2 is 2.08 bits per heavy atom. The van der Waals surface area contributed by atoms with Crippen LogP contribution >= 0.6 is 0 Å². The third-order valence-corrected chi connectivity index (χ3v) is 1.89. The molecule has 2 heteroatoms. The van der Waals surface area contributed by atoms with Crippen molar-refractivity contribution in [1.29, 1.82) is 0 Å². The van der Waals surface area contributed by atoms with Crippen LogP contribution < -0.4 is 4.90 Å². The summed E-state index contributed by atoms with van der Waals surface area (Å²) in [6.45, 7) is 3.71. The monoisotopic (exact) mass is 175 g/mol. The van der Waals surface area contributed by atoms with Gasteiger partial charge in [0.25, 0.3) is 0 Å². The van der Waals surface area contributed by atoms with E-state index in [9.17, 15) is 4.79 Å². The summed E-state index contributed by atoms with van der Waals surface area (Å²) in [5, 5.41) is 0. The van der Waals surface area contributed by atoms with Gasteiger partial charge in [-0.05, 0) is 23.8 Å². The molecule has 13 heavy (non-hydrogen) atoms. The van der Waals surface area contributed by atoms with Crippen LogP contribution in [0.3, 0.4) is 0 Å². The van der Waals surface area contributed by atoms with Crippen LogP contribution in [-0.2, 0) is 0 Å². The van der Waals surface area contributed by atoms with Gasteiger partial charge in [-0.3, -0.25) is 4.79 Å². The van der Waals surface area contributed by atoms with Crippen LogP contribution in [0.2, 0.25) is 0 Å². The van der Waals surface area contributed by atoms with E-state index >= 15 is 0 Å². The van der Waals surface area contributed by atoms with Gasteiger partial charge in [-0.1, -0.05) is 12.7 Å². The molecule has 0 atom stereocenters. The number of anilines is 1. The minimum atomic E-state index is 0.681. The molecule has 2 nitrogen and oxygen atoms in total. The number of hydrogen-bond donors (Lipinski definition) is 0. The number of rotatable bonds is 3. The molecule has 0 aliphatic heterocycles. The Kier molecular flexibility index (Phi) is 2.85. The van der Waals surface area contributed by atoms with E-state index < -0.39 is 0 Å². The normalized spacial score (nSPS) is 9.38. The fraction of sp³-hybridized carbons (Fsp3) is 0.182. The van der Waals surface area contributed by atoms with Crippen LogP contribution in [0, 0.1) is 0 Å². The molecule has 68 valence electrons. The standard InChI is InChI=1S/C11H13NO/c1-4-10-7-9(8-13)5-6-11(10)12(2)3/h4-8H,1H2,2-3H3. The maximum absolute atomic E-state index is 10.5. The molecule has 0 fully saturated rings. The van der Waals surface area contributed by atoms with Crippen LogP contribution in [-0.4, -0.2) is 20.4 Å². The van der Waals surface area contributed by atoms with E-state index in [0.29, 0.717) is 5.56 Å². The van der Waals surface area contributed by atoms with Crippen LogP contribution in [0.5, 0.6) is 0 Å². The van der Waals surface area contributed by atoms with Gasteiger partial charge in [0.15, 0.2) is 0 Å². The summed E-state index contributed by atoms with van der Waals surface area (Å²) >= 11 is 0. The van der Waals surface area contributed by atoms with Crippen LogP contribution in [0.25, 0.3) is 6.08 Å².